The second kappa shape index (κ2) is 5.89. The summed E-state index contributed by atoms with van der Waals surface area (Å²) in [6.45, 7) is 5.66. The number of carboxylic acid groups (broad SMARTS) is 1. The summed E-state index contributed by atoms with van der Waals surface area (Å²) in [5.41, 5.74) is 0. The van der Waals surface area contributed by atoms with E-state index < -0.39 is 12.0 Å². The Morgan fingerprint density at radius 1 is 1.29 bits per heavy atom. The molecule has 0 spiro atoms. The van der Waals surface area contributed by atoms with Crippen LogP contribution in [0.15, 0.2) is 0 Å². The standard InChI is InChI=1S/C12H22N2O3/c1-7(2)10(11(15)16)14-12(17)13-9-6-4-5-8(9)3/h7-10H,4-6H2,1-3H3,(H,15,16)(H2,13,14,17). The monoisotopic (exact) mass is 242 g/mol. The van der Waals surface area contributed by atoms with Crippen LogP contribution in [-0.2, 0) is 4.79 Å². The summed E-state index contributed by atoms with van der Waals surface area (Å²) in [5.74, 6) is -0.642. The first-order valence-corrected chi connectivity index (χ1v) is 6.21. The summed E-state index contributed by atoms with van der Waals surface area (Å²) in [6.07, 6.45) is 3.23. The molecule has 0 radical (unpaired) electrons. The number of urea groups is 1. The first kappa shape index (κ1) is 13.8. The third kappa shape index (κ3) is 3.91. The van der Waals surface area contributed by atoms with Crippen LogP contribution in [-0.4, -0.2) is 29.2 Å². The maximum Gasteiger partial charge on any atom is 0.326 e. The Morgan fingerprint density at radius 3 is 2.35 bits per heavy atom. The molecule has 5 nitrogen and oxygen atoms in total. The number of rotatable bonds is 4. The van der Waals surface area contributed by atoms with Gasteiger partial charge in [0.25, 0.3) is 0 Å². The van der Waals surface area contributed by atoms with E-state index in [0.717, 1.165) is 19.3 Å². The minimum Gasteiger partial charge on any atom is -0.480 e. The van der Waals surface area contributed by atoms with E-state index in [-0.39, 0.29) is 18.0 Å². The molecule has 0 aromatic rings. The van der Waals surface area contributed by atoms with Crippen LogP contribution in [0.2, 0.25) is 0 Å². The van der Waals surface area contributed by atoms with Crippen molar-refractivity contribution >= 4 is 12.0 Å². The summed E-state index contributed by atoms with van der Waals surface area (Å²) in [5, 5.41) is 14.3. The van der Waals surface area contributed by atoms with E-state index >= 15 is 0 Å². The number of amides is 2. The summed E-state index contributed by atoms with van der Waals surface area (Å²) in [6, 6.07) is -1.02. The zero-order chi connectivity index (χ0) is 13.0. The van der Waals surface area contributed by atoms with Gasteiger partial charge in [-0.2, -0.15) is 0 Å². The van der Waals surface area contributed by atoms with Gasteiger partial charge in [-0.3, -0.25) is 0 Å². The van der Waals surface area contributed by atoms with Gasteiger partial charge in [0.15, 0.2) is 0 Å². The van der Waals surface area contributed by atoms with Gasteiger partial charge in [-0.15, -0.1) is 0 Å². The normalized spacial score (nSPS) is 25.6. The highest BCUT2D eigenvalue weighted by atomic mass is 16.4. The summed E-state index contributed by atoms with van der Waals surface area (Å²) < 4.78 is 0. The van der Waals surface area contributed by atoms with E-state index in [0.29, 0.717) is 5.92 Å². The molecule has 0 saturated heterocycles. The van der Waals surface area contributed by atoms with E-state index in [1.165, 1.54) is 0 Å². The number of carbonyl (C=O) groups excluding carboxylic acids is 1. The van der Waals surface area contributed by atoms with Crippen molar-refractivity contribution < 1.29 is 14.7 Å². The van der Waals surface area contributed by atoms with Crippen LogP contribution in [0.3, 0.4) is 0 Å². The fourth-order valence-corrected chi connectivity index (χ4v) is 2.22. The van der Waals surface area contributed by atoms with Crippen LogP contribution >= 0.6 is 0 Å². The molecule has 0 bridgehead atoms. The highest BCUT2D eigenvalue weighted by molar-refractivity contribution is 5.82. The Kier molecular flexibility index (Phi) is 4.78. The van der Waals surface area contributed by atoms with Gasteiger partial charge in [-0.25, -0.2) is 9.59 Å². The van der Waals surface area contributed by atoms with Gasteiger partial charge in [0.1, 0.15) is 6.04 Å². The molecule has 17 heavy (non-hydrogen) atoms. The van der Waals surface area contributed by atoms with Gasteiger partial charge in [0.05, 0.1) is 0 Å². The van der Waals surface area contributed by atoms with Crippen LogP contribution in [0.5, 0.6) is 0 Å². The molecule has 1 aliphatic carbocycles. The molecular formula is C12H22N2O3. The zero-order valence-electron chi connectivity index (χ0n) is 10.7. The molecule has 3 N–H and O–H groups in total. The van der Waals surface area contributed by atoms with Crippen molar-refractivity contribution in [2.45, 2.75) is 52.1 Å². The van der Waals surface area contributed by atoms with Crippen molar-refractivity contribution in [3.63, 3.8) is 0 Å². The highest BCUT2D eigenvalue weighted by Gasteiger charge is 2.27. The van der Waals surface area contributed by atoms with Gasteiger partial charge in [0, 0.05) is 6.04 Å². The van der Waals surface area contributed by atoms with Crippen molar-refractivity contribution in [2.75, 3.05) is 0 Å². The molecule has 3 unspecified atom stereocenters. The lowest BCUT2D eigenvalue weighted by Gasteiger charge is -2.22. The summed E-state index contributed by atoms with van der Waals surface area (Å²) in [7, 11) is 0. The number of carboxylic acids is 1. The molecule has 1 rings (SSSR count). The number of aliphatic carboxylic acids is 1. The molecule has 1 fully saturated rings. The van der Waals surface area contributed by atoms with Gasteiger partial charge >= 0.3 is 12.0 Å². The lowest BCUT2D eigenvalue weighted by atomic mass is 10.0. The fraction of sp³-hybridized carbons (Fsp3) is 0.833. The zero-order valence-corrected chi connectivity index (χ0v) is 10.7. The third-order valence-electron chi connectivity index (χ3n) is 3.40. The van der Waals surface area contributed by atoms with Gasteiger partial charge in [-0.1, -0.05) is 27.2 Å². The molecule has 1 saturated carbocycles. The van der Waals surface area contributed by atoms with Gasteiger partial charge < -0.3 is 15.7 Å². The molecule has 2 amide bonds. The van der Waals surface area contributed by atoms with Crippen LogP contribution < -0.4 is 10.6 Å². The quantitative estimate of drug-likeness (QED) is 0.700. The number of hydrogen-bond donors (Lipinski definition) is 3. The minimum atomic E-state index is -0.991. The number of hydrogen-bond acceptors (Lipinski definition) is 2. The topological polar surface area (TPSA) is 78.4 Å². The average molecular weight is 242 g/mol. The molecule has 3 atom stereocenters. The second-order valence-electron chi connectivity index (χ2n) is 5.19. The van der Waals surface area contributed by atoms with Crippen LogP contribution in [0.25, 0.3) is 0 Å². The lowest BCUT2D eigenvalue weighted by molar-refractivity contribution is -0.140. The van der Waals surface area contributed by atoms with Crippen LogP contribution in [0, 0.1) is 11.8 Å². The van der Waals surface area contributed by atoms with Crippen molar-refractivity contribution in [1.29, 1.82) is 0 Å². The Balaban J connectivity index is 2.45. The van der Waals surface area contributed by atoms with E-state index in [9.17, 15) is 9.59 Å². The fourth-order valence-electron chi connectivity index (χ4n) is 2.22. The Bertz CT molecular complexity index is 291. The molecule has 0 aliphatic heterocycles. The predicted molar refractivity (Wildman–Crippen MR) is 64.7 cm³/mol. The lowest BCUT2D eigenvalue weighted by Crippen LogP contribution is -2.51. The van der Waals surface area contributed by atoms with E-state index in [4.69, 9.17) is 5.11 Å². The molecule has 98 valence electrons. The number of nitrogens with one attached hydrogen (secondary N) is 2. The van der Waals surface area contributed by atoms with Crippen molar-refractivity contribution in [3.8, 4) is 0 Å². The highest BCUT2D eigenvalue weighted by Crippen LogP contribution is 2.24. The maximum atomic E-state index is 11.7. The second-order valence-corrected chi connectivity index (χ2v) is 5.19. The van der Waals surface area contributed by atoms with Crippen molar-refractivity contribution in [2.24, 2.45) is 11.8 Å². The van der Waals surface area contributed by atoms with Crippen LogP contribution in [0.4, 0.5) is 4.79 Å². The molecule has 1 aliphatic rings. The van der Waals surface area contributed by atoms with Gasteiger partial charge in [0.2, 0.25) is 0 Å². The Hall–Kier alpha value is -1.26. The molecule has 0 aromatic carbocycles. The molecule has 0 heterocycles. The van der Waals surface area contributed by atoms with Crippen molar-refractivity contribution in [1.82, 2.24) is 10.6 Å². The van der Waals surface area contributed by atoms with Crippen LogP contribution in [0.1, 0.15) is 40.0 Å². The Labute approximate surface area is 102 Å². The molecule has 5 heteroatoms. The maximum absolute atomic E-state index is 11.7. The van der Waals surface area contributed by atoms with E-state index in [1.807, 2.05) is 0 Å². The summed E-state index contributed by atoms with van der Waals surface area (Å²) in [4.78, 5) is 22.6. The smallest absolute Gasteiger partial charge is 0.326 e. The SMILES string of the molecule is CC(C)C(NC(=O)NC1CCCC1C)C(=O)O. The van der Waals surface area contributed by atoms with Crippen molar-refractivity contribution in [3.05, 3.63) is 0 Å². The molecule has 0 aromatic heterocycles. The average Bonchev–Trinajstić information content (AvgIpc) is 2.60. The minimum absolute atomic E-state index is 0.126. The first-order chi connectivity index (χ1) is 7.91. The Morgan fingerprint density at radius 2 is 1.94 bits per heavy atom. The third-order valence-corrected chi connectivity index (χ3v) is 3.40. The predicted octanol–water partition coefficient (Wildman–Crippen LogP) is 1.58. The first-order valence-electron chi connectivity index (χ1n) is 6.21. The largest absolute Gasteiger partial charge is 0.480 e. The van der Waals surface area contributed by atoms with E-state index in [2.05, 4.69) is 17.6 Å². The number of carbonyl (C=O) groups is 2. The van der Waals surface area contributed by atoms with Gasteiger partial charge in [-0.05, 0) is 24.7 Å². The van der Waals surface area contributed by atoms with E-state index in [1.54, 1.807) is 13.8 Å². The summed E-state index contributed by atoms with van der Waals surface area (Å²) >= 11 is 0. The molecular weight excluding hydrogens is 220 g/mol.